The van der Waals surface area contributed by atoms with Crippen LogP contribution in [0.15, 0.2) is 18.3 Å². The van der Waals surface area contributed by atoms with Crippen molar-refractivity contribution in [2.75, 3.05) is 7.11 Å². The molecule has 0 bridgehead atoms. The standard InChI is InChI=1S/C10H11ClFNO2.C3H6/c1-10(12,9(14)15-2)6-7-3-4-13-8(11)5-7;1-2-3-1/h3-5H,6H2,1-2H3;1-3H2. The van der Waals surface area contributed by atoms with Crippen LogP contribution in [0.2, 0.25) is 5.15 Å². The highest BCUT2D eigenvalue weighted by Crippen LogP contribution is 2.20. The monoisotopic (exact) mass is 273 g/mol. The topological polar surface area (TPSA) is 39.2 Å². The van der Waals surface area contributed by atoms with Crippen LogP contribution in [0.4, 0.5) is 4.39 Å². The summed E-state index contributed by atoms with van der Waals surface area (Å²) in [6, 6.07) is 3.12. The second-order valence-electron chi connectivity index (χ2n) is 4.41. The summed E-state index contributed by atoms with van der Waals surface area (Å²) in [5.41, 5.74) is -1.44. The third kappa shape index (κ3) is 5.45. The molecule has 1 unspecified atom stereocenters. The first-order valence-corrected chi connectivity index (χ1v) is 6.21. The summed E-state index contributed by atoms with van der Waals surface area (Å²) in [4.78, 5) is 14.8. The Morgan fingerprint density at radius 2 is 2.17 bits per heavy atom. The Kier molecular flexibility index (Phi) is 5.54. The average Bonchev–Trinajstić information content (AvgIpc) is 3.14. The van der Waals surface area contributed by atoms with Crippen LogP contribution in [-0.2, 0) is 16.0 Å². The predicted octanol–water partition coefficient (Wildman–Crippen LogP) is 3.35. The Bertz CT molecular complexity index is 405. The first-order valence-electron chi connectivity index (χ1n) is 5.83. The van der Waals surface area contributed by atoms with E-state index in [0.29, 0.717) is 5.56 Å². The largest absolute Gasteiger partial charge is 0.467 e. The fourth-order valence-electron chi connectivity index (χ4n) is 1.22. The number of halogens is 2. The molecule has 2 rings (SSSR count). The molecule has 1 heterocycles. The van der Waals surface area contributed by atoms with Crippen LogP contribution in [0.25, 0.3) is 0 Å². The summed E-state index contributed by atoms with van der Waals surface area (Å²) in [7, 11) is 1.15. The Morgan fingerprint density at radius 1 is 1.56 bits per heavy atom. The zero-order chi connectivity index (χ0) is 13.6. The minimum absolute atomic E-state index is 0.0814. The molecule has 0 radical (unpaired) electrons. The van der Waals surface area contributed by atoms with Gasteiger partial charge in [-0.25, -0.2) is 14.2 Å². The number of esters is 1. The minimum atomic E-state index is -2.04. The molecule has 1 aliphatic rings. The van der Waals surface area contributed by atoms with Gasteiger partial charge >= 0.3 is 5.97 Å². The van der Waals surface area contributed by atoms with Crippen molar-refractivity contribution >= 4 is 17.6 Å². The van der Waals surface area contributed by atoms with E-state index in [4.69, 9.17) is 11.6 Å². The van der Waals surface area contributed by atoms with Crippen LogP contribution in [0.3, 0.4) is 0 Å². The number of methoxy groups -OCH3 is 1. The van der Waals surface area contributed by atoms with Gasteiger partial charge in [0.15, 0.2) is 0 Å². The van der Waals surface area contributed by atoms with E-state index in [1.165, 1.54) is 38.4 Å². The lowest BCUT2D eigenvalue weighted by molar-refractivity contribution is -0.153. The van der Waals surface area contributed by atoms with Crippen molar-refractivity contribution < 1.29 is 13.9 Å². The van der Waals surface area contributed by atoms with Gasteiger partial charge in [-0.15, -0.1) is 0 Å². The number of ether oxygens (including phenoxy) is 1. The predicted molar refractivity (Wildman–Crippen MR) is 68.3 cm³/mol. The summed E-state index contributed by atoms with van der Waals surface area (Å²) in [6.07, 6.45) is 5.88. The van der Waals surface area contributed by atoms with Gasteiger partial charge in [0.05, 0.1) is 7.11 Å². The molecule has 3 nitrogen and oxygen atoms in total. The number of aromatic nitrogens is 1. The van der Waals surface area contributed by atoms with Gasteiger partial charge in [-0.2, -0.15) is 0 Å². The van der Waals surface area contributed by atoms with Gasteiger partial charge in [0, 0.05) is 12.6 Å². The molecule has 0 aromatic carbocycles. The zero-order valence-electron chi connectivity index (χ0n) is 10.6. The normalized spacial score (nSPS) is 16.0. The molecular formula is C13H17ClFNO2. The van der Waals surface area contributed by atoms with E-state index >= 15 is 0 Å². The number of nitrogens with zero attached hydrogens (tertiary/aromatic N) is 1. The van der Waals surface area contributed by atoms with Crippen molar-refractivity contribution in [1.82, 2.24) is 4.98 Å². The summed E-state index contributed by atoms with van der Waals surface area (Å²) in [5, 5.41) is 0.271. The highest BCUT2D eigenvalue weighted by molar-refractivity contribution is 6.29. The van der Waals surface area contributed by atoms with E-state index in [2.05, 4.69) is 9.72 Å². The van der Waals surface area contributed by atoms with Crippen molar-refractivity contribution in [2.24, 2.45) is 0 Å². The lowest BCUT2D eigenvalue weighted by Crippen LogP contribution is -2.33. The fraction of sp³-hybridized carbons (Fsp3) is 0.538. The number of pyridine rings is 1. The van der Waals surface area contributed by atoms with Crippen LogP contribution in [0, 0.1) is 0 Å². The van der Waals surface area contributed by atoms with Gasteiger partial charge in [0.2, 0.25) is 5.67 Å². The van der Waals surface area contributed by atoms with Gasteiger partial charge in [-0.3, -0.25) is 0 Å². The number of hydrogen-bond acceptors (Lipinski definition) is 3. The Labute approximate surface area is 111 Å². The third-order valence-electron chi connectivity index (χ3n) is 2.29. The highest BCUT2D eigenvalue weighted by Gasteiger charge is 2.34. The number of rotatable bonds is 3. The maximum Gasteiger partial charge on any atom is 0.343 e. The van der Waals surface area contributed by atoms with Gasteiger partial charge < -0.3 is 4.74 Å². The maximum atomic E-state index is 13.8. The molecule has 1 aromatic heterocycles. The maximum absolute atomic E-state index is 13.8. The van der Waals surface area contributed by atoms with E-state index in [1.54, 1.807) is 6.07 Å². The Hall–Kier alpha value is -1.16. The van der Waals surface area contributed by atoms with E-state index in [-0.39, 0.29) is 11.6 Å². The van der Waals surface area contributed by atoms with E-state index in [0.717, 1.165) is 7.11 Å². The highest BCUT2D eigenvalue weighted by atomic mass is 35.5. The van der Waals surface area contributed by atoms with Crippen LogP contribution in [0.5, 0.6) is 0 Å². The molecule has 18 heavy (non-hydrogen) atoms. The molecule has 1 atom stereocenters. The van der Waals surface area contributed by atoms with Crippen LogP contribution in [0.1, 0.15) is 31.7 Å². The van der Waals surface area contributed by atoms with Crippen LogP contribution in [-0.4, -0.2) is 23.7 Å². The molecule has 0 spiro atoms. The molecule has 0 N–H and O–H groups in total. The molecule has 1 aromatic rings. The van der Waals surface area contributed by atoms with Crippen molar-refractivity contribution in [2.45, 2.75) is 38.3 Å². The van der Waals surface area contributed by atoms with Crippen molar-refractivity contribution in [3.63, 3.8) is 0 Å². The van der Waals surface area contributed by atoms with E-state index in [9.17, 15) is 9.18 Å². The smallest absolute Gasteiger partial charge is 0.343 e. The Morgan fingerprint density at radius 3 is 2.61 bits per heavy atom. The molecule has 5 heteroatoms. The van der Waals surface area contributed by atoms with Gasteiger partial charge in [-0.05, 0) is 24.6 Å². The van der Waals surface area contributed by atoms with Gasteiger partial charge in [0.1, 0.15) is 5.15 Å². The number of carbonyl (C=O) groups is 1. The van der Waals surface area contributed by atoms with Crippen LogP contribution < -0.4 is 0 Å². The average molecular weight is 274 g/mol. The molecule has 0 amide bonds. The number of hydrogen-bond donors (Lipinski definition) is 0. The molecule has 100 valence electrons. The summed E-state index contributed by atoms with van der Waals surface area (Å²) >= 11 is 5.64. The zero-order valence-corrected chi connectivity index (χ0v) is 11.3. The number of alkyl halides is 1. The van der Waals surface area contributed by atoms with Gasteiger partial charge in [-0.1, -0.05) is 30.9 Å². The van der Waals surface area contributed by atoms with Crippen molar-refractivity contribution in [3.05, 3.63) is 29.0 Å². The lowest BCUT2D eigenvalue weighted by Gasteiger charge is -2.17. The first kappa shape index (κ1) is 14.9. The SMILES string of the molecule is C1CC1.COC(=O)C(C)(F)Cc1ccnc(Cl)c1. The Balaban J connectivity index is 0.000000468. The van der Waals surface area contributed by atoms with Gasteiger partial charge in [0.25, 0.3) is 0 Å². The molecule has 0 aliphatic heterocycles. The molecule has 1 saturated carbocycles. The second kappa shape index (κ2) is 6.69. The first-order chi connectivity index (χ1) is 8.45. The molecule has 1 aliphatic carbocycles. The van der Waals surface area contributed by atoms with E-state index < -0.39 is 11.6 Å². The fourth-order valence-corrected chi connectivity index (χ4v) is 1.42. The number of carbonyl (C=O) groups excluding carboxylic acids is 1. The molecule has 1 fully saturated rings. The van der Waals surface area contributed by atoms with Crippen LogP contribution >= 0.6 is 11.6 Å². The molecule has 0 saturated heterocycles. The lowest BCUT2D eigenvalue weighted by atomic mass is 9.99. The second-order valence-corrected chi connectivity index (χ2v) is 4.80. The summed E-state index contributed by atoms with van der Waals surface area (Å²) < 4.78 is 18.1. The molecular weight excluding hydrogens is 257 g/mol. The summed E-state index contributed by atoms with van der Waals surface area (Å²) in [6.45, 7) is 1.17. The van der Waals surface area contributed by atoms with E-state index in [1.807, 2.05) is 0 Å². The van der Waals surface area contributed by atoms with Crippen molar-refractivity contribution in [1.29, 1.82) is 0 Å². The van der Waals surface area contributed by atoms with Crippen molar-refractivity contribution in [3.8, 4) is 0 Å². The third-order valence-corrected chi connectivity index (χ3v) is 2.50. The minimum Gasteiger partial charge on any atom is -0.467 e. The quantitative estimate of drug-likeness (QED) is 0.626. The summed E-state index contributed by atoms with van der Waals surface area (Å²) in [5.74, 6) is -0.893.